The number of hydrogen-bond donors (Lipinski definition) is 2. The lowest BCUT2D eigenvalue weighted by atomic mass is 10.1. The molecule has 1 rings (SSSR count). The predicted molar refractivity (Wildman–Crippen MR) is 51.6 cm³/mol. The highest BCUT2D eigenvalue weighted by Crippen LogP contribution is 2.34. The van der Waals surface area contributed by atoms with E-state index < -0.39 is 23.6 Å². The van der Waals surface area contributed by atoms with Crippen molar-refractivity contribution in [3.8, 4) is 11.5 Å². The van der Waals surface area contributed by atoms with Gasteiger partial charge in [-0.15, -0.1) is 0 Å². The third-order valence-corrected chi connectivity index (χ3v) is 2.00. The molecule has 0 aliphatic carbocycles. The van der Waals surface area contributed by atoms with E-state index >= 15 is 0 Å². The number of phenols is 1. The first kappa shape index (κ1) is 12.3. The number of hydrogen-bond acceptors (Lipinski definition) is 5. The van der Waals surface area contributed by atoms with Crippen LogP contribution in [0.5, 0.6) is 11.5 Å². The zero-order chi connectivity index (χ0) is 12.3. The van der Waals surface area contributed by atoms with Crippen molar-refractivity contribution in [3.05, 3.63) is 23.5 Å². The molecule has 0 aliphatic rings. The lowest BCUT2D eigenvalue weighted by Gasteiger charge is -2.14. The molecular weight excluding hydrogens is 219 g/mol. The molecule has 1 aromatic carbocycles. The molecule has 0 radical (unpaired) electrons. The molecule has 2 N–H and O–H groups in total. The Morgan fingerprint density at radius 2 is 2.06 bits per heavy atom. The lowest BCUT2D eigenvalue weighted by molar-refractivity contribution is -0.150. The van der Waals surface area contributed by atoms with Gasteiger partial charge in [-0.05, 0) is 0 Å². The molecule has 0 aliphatic heterocycles. The minimum absolute atomic E-state index is 0.129. The van der Waals surface area contributed by atoms with Gasteiger partial charge in [0.15, 0.2) is 6.10 Å². The summed E-state index contributed by atoms with van der Waals surface area (Å²) in [4.78, 5) is 11.1. The topological polar surface area (TPSA) is 76.0 Å². The van der Waals surface area contributed by atoms with E-state index in [1.807, 2.05) is 0 Å². The third kappa shape index (κ3) is 2.22. The number of aliphatic hydroxyl groups excluding tert-OH is 1. The van der Waals surface area contributed by atoms with Crippen molar-refractivity contribution in [1.29, 1.82) is 0 Å². The molecule has 0 amide bonds. The highest BCUT2D eigenvalue weighted by molar-refractivity contribution is 5.78. The van der Waals surface area contributed by atoms with Crippen LogP contribution in [0.1, 0.15) is 11.7 Å². The Kier molecular flexibility index (Phi) is 3.68. The normalized spacial score (nSPS) is 12.0. The molecule has 0 spiro atoms. The van der Waals surface area contributed by atoms with Crippen LogP contribution in [-0.2, 0) is 9.53 Å². The Morgan fingerprint density at radius 1 is 1.44 bits per heavy atom. The van der Waals surface area contributed by atoms with Gasteiger partial charge in [0.25, 0.3) is 0 Å². The molecule has 0 saturated heterocycles. The molecule has 0 saturated carbocycles. The van der Waals surface area contributed by atoms with E-state index in [2.05, 4.69) is 4.74 Å². The SMILES string of the molecule is COC(=O)C(O)c1c(O)cc(F)cc1OC. The second-order valence-corrected chi connectivity index (χ2v) is 2.97. The second-order valence-electron chi connectivity index (χ2n) is 2.97. The van der Waals surface area contributed by atoms with Gasteiger partial charge < -0.3 is 19.7 Å². The average molecular weight is 230 g/mol. The Balaban J connectivity index is 3.26. The van der Waals surface area contributed by atoms with Crippen molar-refractivity contribution in [2.75, 3.05) is 14.2 Å². The molecule has 0 aromatic heterocycles. The molecule has 0 heterocycles. The molecule has 1 aromatic rings. The van der Waals surface area contributed by atoms with Crippen LogP contribution in [0.4, 0.5) is 4.39 Å². The number of aromatic hydroxyl groups is 1. The number of esters is 1. The standard InChI is InChI=1S/C10H11FO5/c1-15-7-4-5(11)3-6(12)8(7)9(13)10(14)16-2/h3-4,9,12-13H,1-2H3. The first-order chi connectivity index (χ1) is 7.51. The van der Waals surface area contributed by atoms with E-state index in [-0.39, 0.29) is 11.3 Å². The van der Waals surface area contributed by atoms with E-state index in [1.54, 1.807) is 0 Å². The number of carbonyl (C=O) groups excluding carboxylic acids is 1. The summed E-state index contributed by atoms with van der Waals surface area (Å²) < 4.78 is 22.0. The smallest absolute Gasteiger partial charge is 0.339 e. The second kappa shape index (κ2) is 4.80. The summed E-state index contributed by atoms with van der Waals surface area (Å²) in [7, 11) is 2.31. The summed E-state index contributed by atoms with van der Waals surface area (Å²) in [5.74, 6) is -2.42. The fourth-order valence-electron chi connectivity index (χ4n) is 1.25. The molecular formula is C10H11FO5. The van der Waals surface area contributed by atoms with E-state index in [9.17, 15) is 19.4 Å². The van der Waals surface area contributed by atoms with Crippen LogP contribution in [0.3, 0.4) is 0 Å². The molecule has 5 nitrogen and oxygen atoms in total. The number of rotatable bonds is 3. The predicted octanol–water partition coefficient (Wildman–Crippen LogP) is 0.746. The molecule has 1 unspecified atom stereocenters. The number of benzene rings is 1. The zero-order valence-corrected chi connectivity index (χ0v) is 8.73. The Hall–Kier alpha value is -1.82. The van der Waals surface area contributed by atoms with Gasteiger partial charge >= 0.3 is 5.97 Å². The van der Waals surface area contributed by atoms with Gasteiger partial charge in [0.1, 0.15) is 17.3 Å². The van der Waals surface area contributed by atoms with Crippen molar-refractivity contribution < 1.29 is 28.9 Å². The zero-order valence-electron chi connectivity index (χ0n) is 8.73. The van der Waals surface area contributed by atoms with Gasteiger partial charge in [-0.1, -0.05) is 0 Å². The quantitative estimate of drug-likeness (QED) is 0.749. The van der Waals surface area contributed by atoms with Crippen molar-refractivity contribution in [2.24, 2.45) is 0 Å². The monoisotopic (exact) mass is 230 g/mol. The van der Waals surface area contributed by atoms with Crippen LogP contribution >= 0.6 is 0 Å². The average Bonchev–Trinajstić information content (AvgIpc) is 2.26. The van der Waals surface area contributed by atoms with Crippen molar-refractivity contribution in [2.45, 2.75) is 6.10 Å². The van der Waals surface area contributed by atoms with Gasteiger partial charge in [0, 0.05) is 12.1 Å². The first-order valence-electron chi connectivity index (χ1n) is 4.33. The fraction of sp³-hybridized carbons (Fsp3) is 0.300. The molecule has 1 atom stereocenters. The van der Waals surface area contributed by atoms with E-state index in [0.29, 0.717) is 0 Å². The maximum absolute atomic E-state index is 12.9. The van der Waals surface area contributed by atoms with Crippen molar-refractivity contribution in [3.63, 3.8) is 0 Å². The van der Waals surface area contributed by atoms with Crippen LogP contribution in [-0.4, -0.2) is 30.4 Å². The Bertz CT molecular complexity index is 404. The number of phenolic OH excluding ortho intramolecular Hbond substituents is 1. The summed E-state index contributed by atoms with van der Waals surface area (Å²) in [6.45, 7) is 0. The Morgan fingerprint density at radius 3 is 2.56 bits per heavy atom. The minimum atomic E-state index is -1.72. The van der Waals surface area contributed by atoms with Crippen LogP contribution in [0.2, 0.25) is 0 Å². The van der Waals surface area contributed by atoms with Gasteiger partial charge in [0.05, 0.1) is 19.8 Å². The van der Waals surface area contributed by atoms with E-state index in [0.717, 1.165) is 19.2 Å². The first-order valence-corrected chi connectivity index (χ1v) is 4.33. The van der Waals surface area contributed by atoms with Gasteiger partial charge in [-0.2, -0.15) is 0 Å². The van der Waals surface area contributed by atoms with Crippen molar-refractivity contribution in [1.82, 2.24) is 0 Å². The maximum atomic E-state index is 12.9. The van der Waals surface area contributed by atoms with Gasteiger partial charge in [-0.25, -0.2) is 9.18 Å². The van der Waals surface area contributed by atoms with Crippen LogP contribution in [0.15, 0.2) is 12.1 Å². The summed E-state index contributed by atoms with van der Waals surface area (Å²) in [6.07, 6.45) is -1.72. The van der Waals surface area contributed by atoms with Crippen LogP contribution < -0.4 is 4.74 Å². The molecule has 0 fully saturated rings. The van der Waals surface area contributed by atoms with Gasteiger partial charge in [0.2, 0.25) is 0 Å². The number of carbonyl (C=O) groups is 1. The number of methoxy groups -OCH3 is 2. The summed E-state index contributed by atoms with van der Waals surface area (Å²) in [5, 5.41) is 19.0. The minimum Gasteiger partial charge on any atom is -0.507 e. The molecule has 88 valence electrons. The highest BCUT2D eigenvalue weighted by Gasteiger charge is 2.26. The molecule has 0 bridgehead atoms. The van der Waals surface area contributed by atoms with E-state index in [1.165, 1.54) is 7.11 Å². The van der Waals surface area contributed by atoms with E-state index in [4.69, 9.17) is 4.74 Å². The summed E-state index contributed by atoms with van der Waals surface area (Å²) in [6, 6.07) is 1.71. The Labute approximate surface area is 91.0 Å². The highest BCUT2D eigenvalue weighted by atomic mass is 19.1. The van der Waals surface area contributed by atoms with Crippen molar-refractivity contribution >= 4 is 5.97 Å². The lowest BCUT2D eigenvalue weighted by Crippen LogP contribution is -2.14. The number of aliphatic hydroxyl groups is 1. The molecule has 6 heteroatoms. The maximum Gasteiger partial charge on any atom is 0.339 e. The fourth-order valence-corrected chi connectivity index (χ4v) is 1.25. The third-order valence-electron chi connectivity index (χ3n) is 2.00. The summed E-state index contributed by atoms with van der Waals surface area (Å²) in [5.41, 5.74) is -0.226. The molecule has 16 heavy (non-hydrogen) atoms. The largest absolute Gasteiger partial charge is 0.507 e. The van der Waals surface area contributed by atoms with Crippen LogP contribution in [0, 0.1) is 5.82 Å². The number of ether oxygens (including phenoxy) is 2. The van der Waals surface area contributed by atoms with Crippen LogP contribution in [0.25, 0.3) is 0 Å². The number of halogens is 1. The van der Waals surface area contributed by atoms with Gasteiger partial charge in [-0.3, -0.25) is 0 Å². The summed E-state index contributed by atoms with van der Waals surface area (Å²) >= 11 is 0.